The minimum absolute atomic E-state index is 0.202. The molecule has 0 unspecified atom stereocenters. The first-order valence-electron chi connectivity index (χ1n) is 12.0. The van der Waals surface area contributed by atoms with Gasteiger partial charge in [0.15, 0.2) is 0 Å². The fraction of sp³-hybridized carbons (Fsp3) is 0.207. The summed E-state index contributed by atoms with van der Waals surface area (Å²) in [7, 11) is 0. The summed E-state index contributed by atoms with van der Waals surface area (Å²) in [6.45, 7) is 6.14. The van der Waals surface area contributed by atoms with Crippen LogP contribution in [-0.2, 0) is 16.8 Å². The van der Waals surface area contributed by atoms with E-state index in [9.17, 15) is 9.59 Å². The molecule has 9 heteroatoms. The van der Waals surface area contributed by atoms with Crippen LogP contribution in [0.4, 0.5) is 5.82 Å². The second-order valence-corrected chi connectivity index (χ2v) is 11.1. The highest BCUT2D eigenvalue weighted by Crippen LogP contribution is 2.29. The molecule has 38 heavy (non-hydrogen) atoms. The van der Waals surface area contributed by atoms with Gasteiger partial charge in [-0.15, -0.1) is 0 Å². The Hall–Kier alpha value is -3.32. The lowest BCUT2D eigenvalue weighted by Crippen LogP contribution is -2.37. The predicted molar refractivity (Wildman–Crippen MR) is 154 cm³/mol. The number of amides is 2. The van der Waals surface area contributed by atoms with Gasteiger partial charge in [-0.2, -0.15) is 5.10 Å². The zero-order valence-electron chi connectivity index (χ0n) is 21.2. The van der Waals surface area contributed by atoms with Crippen LogP contribution in [0.25, 0.3) is 5.69 Å². The van der Waals surface area contributed by atoms with Gasteiger partial charge in [-0.1, -0.05) is 98.0 Å². The Balaban J connectivity index is 1.64. The van der Waals surface area contributed by atoms with Crippen LogP contribution in [0.1, 0.15) is 42.4 Å². The third-order valence-corrected chi connectivity index (χ3v) is 6.89. The number of nitrogens with one attached hydrogen (secondary N) is 1. The summed E-state index contributed by atoms with van der Waals surface area (Å²) in [4.78, 5) is 28.3. The molecule has 0 aliphatic rings. The van der Waals surface area contributed by atoms with Crippen LogP contribution >= 0.6 is 34.8 Å². The summed E-state index contributed by atoms with van der Waals surface area (Å²) >= 11 is 18.7. The van der Waals surface area contributed by atoms with Gasteiger partial charge in [0.25, 0.3) is 5.91 Å². The normalized spacial score (nSPS) is 11.3. The number of hydrogen-bond acceptors (Lipinski definition) is 3. The molecule has 6 nitrogen and oxygen atoms in total. The summed E-state index contributed by atoms with van der Waals surface area (Å²) in [6, 6.07) is 23.2. The number of carbonyl (C=O) groups excluding carboxylic acids is 2. The number of rotatable bonds is 7. The second-order valence-electron chi connectivity index (χ2n) is 9.85. The van der Waals surface area contributed by atoms with E-state index in [1.165, 1.54) is 11.0 Å². The molecule has 0 radical (unpaired) electrons. The Morgan fingerprint density at radius 1 is 0.868 bits per heavy atom. The van der Waals surface area contributed by atoms with Crippen molar-refractivity contribution in [2.24, 2.45) is 0 Å². The van der Waals surface area contributed by atoms with Crippen molar-refractivity contribution in [3.63, 3.8) is 0 Å². The van der Waals surface area contributed by atoms with Crippen LogP contribution in [-0.4, -0.2) is 33.0 Å². The zero-order chi connectivity index (χ0) is 27.4. The van der Waals surface area contributed by atoms with E-state index in [2.05, 4.69) is 5.32 Å². The Labute approximate surface area is 237 Å². The molecule has 2 amide bonds. The number of benzene rings is 3. The van der Waals surface area contributed by atoms with Gasteiger partial charge in [0, 0.05) is 23.6 Å². The van der Waals surface area contributed by atoms with Gasteiger partial charge in [-0.05, 0) is 35.9 Å². The maximum absolute atomic E-state index is 13.5. The second kappa shape index (κ2) is 11.6. The molecule has 0 fully saturated rings. The summed E-state index contributed by atoms with van der Waals surface area (Å²) in [5, 5.41) is 8.76. The largest absolute Gasteiger partial charge is 0.325 e. The summed E-state index contributed by atoms with van der Waals surface area (Å²) in [5.74, 6) is -0.282. The predicted octanol–water partition coefficient (Wildman–Crippen LogP) is 7.41. The molecule has 1 heterocycles. The maximum atomic E-state index is 13.5. The number of anilines is 1. The highest BCUT2D eigenvalue weighted by Gasteiger charge is 2.24. The summed E-state index contributed by atoms with van der Waals surface area (Å²) in [6.07, 6.45) is 0. The van der Waals surface area contributed by atoms with Gasteiger partial charge in [0.2, 0.25) is 5.91 Å². The van der Waals surface area contributed by atoms with Crippen molar-refractivity contribution < 1.29 is 9.59 Å². The molecule has 3 aromatic carbocycles. The van der Waals surface area contributed by atoms with E-state index in [1.54, 1.807) is 22.9 Å². The molecule has 196 valence electrons. The quantitative estimate of drug-likeness (QED) is 0.252. The minimum atomic E-state index is -0.386. The molecule has 0 saturated carbocycles. The van der Waals surface area contributed by atoms with Crippen LogP contribution in [0.15, 0.2) is 78.9 Å². The number of hydrogen-bond donors (Lipinski definition) is 1. The van der Waals surface area contributed by atoms with Crippen LogP contribution < -0.4 is 5.32 Å². The number of para-hydroxylation sites is 1. The molecule has 0 aliphatic heterocycles. The summed E-state index contributed by atoms with van der Waals surface area (Å²) in [5.41, 5.74) is 2.35. The third-order valence-electron chi connectivity index (χ3n) is 5.83. The Morgan fingerprint density at radius 3 is 2.21 bits per heavy atom. The van der Waals surface area contributed by atoms with Crippen molar-refractivity contribution in [1.82, 2.24) is 14.7 Å². The van der Waals surface area contributed by atoms with Crippen LogP contribution in [0, 0.1) is 0 Å². The monoisotopic (exact) mass is 568 g/mol. The lowest BCUT2D eigenvalue weighted by Gasteiger charge is -2.23. The Morgan fingerprint density at radius 2 is 1.55 bits per heavy atom. The minimum Gasteiger partial charge on any atom is -0.325 e. The highest BCUT2D eigenvalue weighted by molar-refractivity contribution is 6.42. The standard InChI is InChI=1S/C29H27Cl3N4O2/c1-29(2,3)25-16-26(36(34-25)24-12-8-7-11-22(24)31)33-27(37)18-35(17-19-9-5-4-6-10-19)28(38)20-13-14-21(30)23(32)15-20/h4-16H,17-18H2,1-3H3,(H,33,37). The molecule has 4 aromatic rings. The fourth-order valence-corrected chi connectivity index (χ4v) is 4.33. The lowest BCUT2D eigenvalue weighted by atomic mass is 9.92. The third kappa shape index (κ3) is 6.57. The van der Waals surface area contributed by atoms with Crippen LogP contribution in [0.3, 0.4) is 0 Å². The number of aromatic nitrogens is 2. The lowest BCUT2D eigenvalue weighted by molar-refractivity contribution is -0.117. The van der Waals surface area contributed by atoms with Crippen molar-refractivity contribution in [1.29, 1.82) is 0 Å². The average molecular weight is 570 g/mol. The van der Waals surface area contributed by atoms with E-state index in [0.29, 0.717) is 27.1 Å². The van der Waals surface area contributed by atoms with Gasteiger partial charge in [-0.25, -0.2) is 4.68 Å². The molecule has 1 aromatic heterocycles. The Bertz CT molecular complexity index is 1460. The van der Waals surface area contributed by atoms with E-state index in [-0.39, 0.29) is 35.3 Å². The van der Waals surface area contributed by atoms with Crippen LogP contribution in [0.5, 0.6) is 0 Å². The highest BCUT2D eigenvalue weighted by atomic mass is 35.5. The number of halogens is 3. The molecule has 4 rings (SSSR count). The molecular formula is C29H27Cl3N4O2. The van der Waals surface area contributed by atoms with Gasteiger partial charge >= 0.3 is 0 Å². The van der Waals surface area contributed by atoms with Crippen molar-refractivity contribution in [3.8, 4) is 5.69 Å². The van der Waals surface area contributed by atoms with E-state index in [4.69, 9.17) is 39.9 Å². The van der Waals surface area contributed by atoms with Crippen molar-refractivity contribution in [2.75, 3.05) is 11.9 Å². The number of carbonyl (C=O) groups is 2. The van der Waals surface area contributed by atoms with E-state index < -0.39 is 0 Å². The van der Waals surface area contributed by atoms with E-state index in [0.717, 1.165) is 11.3 Å². The molecule has 0 aliphatic carbocycles. The van der Waals surface area contributed by atoms with Crippen molar-refractivity contribution >= 4 is 52.4 Å². The molecule has 0 atom stereocenters. The first-order chi connectivity index (χ1) is 18.0. The summed E-state index contributed by atoms with van der Waals surface area (Å²) < 4.78 is 1.61. The zero-order valence-corrected chi connectivity index (χ0v) is 23.5. The molecule has 1 N–H and O–H groups in total. The van der Waals surface area contributed by atoms with Crippen LogP contribution in [0.2, 0.25) is 15.1 Å². The number of nitrogens with zero attached hydrogens (tertiary/aromatic N) is 3. The molecule has 0 bridgehead atoms. The van der Waals surface area contributed by atoms with E-state index in [1.807, 2.05) is 75.4 Å². The van der Waals surface area contributed by atoms with Gasteiger partial charge in [0.05, 0.1) is 26.4 Å². The topological polar surface area (TPSA) is 67.2 Å². The van der Waals surface area contributed by atoms with Gasteiger partial charge < -0.3 is 10.2 Å². The first-order valence-corrected chi connectivity index (χ1v) is 13.1. The van der Waals surface area contributed by atoms with Gasteiger partial charge in [0.1, 0.15) is 12.4 Å². The fourth-order valence-electron chi connectivity index (χ4n) is 3.81. The SMILES string of the molecule is CC(C)(C)c1cc(NC(=O)CN(Cc2ccccc2)C(=O)c2ccc(Cl)c(Cl)c2)n(-c2ccccc2Cl)n1. The van der Waals surface area contributed by atoms with Gasteiger partial charge in [-0.3, -0.25) is 9.59 Å². The smallest absolute Gasteiger partial charge is 0.254 e. The van der Waals surface area contributed by atoms with E-state index >= 15 is 0 Å². The van der Waals surface area contributed by atoms with Crippen molar-refractivity contribution in [2.45, 2.75) is 32.7 Å². The average Bonchev–Trinajstić information content (AvgIpc) is 3.30. The van der Waals surface area contributed by atoms with Crippen molar-refractivity contribution in [3.05, 3.63) is 111 Å². The maximum Gasteiger partial charge on any atom is 0.254 e. The molecular weight excluding hydrogens is 543 g/mol. The molecule has 0 saturated heterocycles. The Kier molecular flexibility index (Phi) is 8.46. The first kappa shape index (κ1) is 27.7. The molecule has 0 spiro atoms.